The van der Waals surface area contributed by atoms with Gasteiger partial charge in [0.05, 0.1) is 92.0 Å². The summed E-state index contributed by atoms with van der Waals surface area (Å²) in [4.78, 5) is 20.9. The van der Waals surface area contributed by atoms with Crippen LogP contribution in [-0.2, 0) is 25.0 Å². The van der Waals surface area contributed by atoms with Gasteiger partial charge in [-0.3, -0.25) is 4.68 Å². The van der Waals surface area contributed by atoms with Crippen molar-refractivity contribution in [2.45, 2.75) is 98.6 Å². The third-order valence-electron chi connectivity index (χ3n) is 12.9. The highest BCUT2D eigenvalue weighted by molar-refractivity contribution is 9.08. The minimum Gasteiger partial charge on any atom is -0.497 e. The van der Waals surface area contributed by atoms with Crippen LogP contribution in [0.1, 0.15) is 93.4 Å². The maximum absolute atomic E-state index is 13.4. The molecular formula is C60H66BrF4N14O4+. The van der Waals surface area contributed by atoms with E-state index in [1.54, 1.807) is 26.6 Å². The molecule has 0 aliphatic rings. The first-order valence-corrected chi connectivity index (χ1v) is 27.9. The normalized spacial score (nSPS) is 11.6. The van der Waals surface area contributed by atoms with Crippen LogP contribution in [0.15, 0.2) is 122 Å². The van der Waals surface area contributed by atoms with Crippen LogP contribution in [0.25, 0.3) is 44.6 Å². The van der Waals surface area contributed by atoms with Gasteiger partial charge in [-0.05, 0) is 120 Å². The summed E-state index contributed by atoms with van der Waals surface area (Å²) in [5, 5.41) is 21.0. The fourth-order valence-electron chi connectivity index (χ4n) is 9.02. The molecule has 0 bridgehead atoms. The number of nitrogens with zero attached hydrogens (tertiary/aromatic N) is 13. The number of hydrogen-bond donors (Lipinski definition) is 1. The van der Waals surface area contributed by atoms with Crippen molar-refractivity contribution in [2.75, 3.05) is 37.7 Å². The molecule has 0 aliphatic carbocycles. The average Bonchev–Trinajstić information content (AvgIpc) is 3.10. The summed E-state index contributed by atoms with van der Waals surface area (Å²) in [7, 11) is 3.29. The molecule has 0 amide bonds. The zero-order valence-electron chi connectivity index (χ0n) is 47.6. The Kier molecular flexibility index (Phi) is 20.2. The van der Waals surface area contributed by atoms with E-state index in [4.69, 9.17) is 39.1 Å². The Morgan fingerprint density at radius 1 is 0.639 bits per heavy atom. The maximum atomic E-state index is 13.4. The van der Waals surface area contributed by atoms with Gasteiger partial charge >= 0.3 is 13.1 Å². The predicted molar refractivity (Wildman–Crippen MR) is 317 cm³/mol. The van der Waals surface area contributed by atoms with Crippen molar-refractivity contribution < 1.29 is 36.5 Å². The van der Waals surface area contributed by atoms with Crippen molar-refractivity contribution in [1.82, 2.24) is 59.1 Å². The Hall–Kier alpha value is -8.73. The SMILES string of the molecule is CCOc1ncccc1-c1cc(N(Cc2ccc(OC)cc2)Cc2cnn(C(F)F)c2)c2c(n1)c(C)nn2C(C)C.FC(F)n1cc(CBr)cn1.[CH2+]C(C)n1nc(C)c2nc(-c3cccnc3OCC)cc(NCc3ccc(OC)cc3)c21. The lowest BCUT2D eigenvalue weighted by molar-refractivity contribution is 0.0561. The molecule has 23 heteroatoms. The highest BCUT2D eigenvalue weighted by Gasteiger charge is 2.25. The van der Waals surface area contributed by atoms with Gasteiger partial charge < -0.3 is 29.2 Å². The number of aryl methyl sites for hydroxylation is 2. The summed E-state index contributed by atoms with van der Waals surface area (Å²) in [6.45, 7) is 15.3. The standard InChI is InChI=1S/C30H33F2N7O2.C25H28N5O2.C5H5BrF2N2/c1-6-41-29-24(8-7-13-33-29)25-14-26(28-27(35-25)20(4)36-39(28)19(2)3)37(16-21-9-11-23(40-5)12-10-21)17-22-15-34-38(18-22)30(31)32;1-6-32-25-20(8-7-13-26-25)21-14-22(27-15-18-9-11-19(31-5)12-10-18)24-23(28-21)17(4)29-30(24)16(2)3;6-1-4-2-9-10(3-4)5(7)8/h7-15,18-19,30H,6,16-17H2,1-5H3;7-14,16H,2,6,15H2,1,3-5H3,(H,27,28);2-3,5H,1H2/q;+1;. The molecule has 8 heterocycles. The van der Waals surface area contributed by atoms with E-state index < -0.39 is 13.1 Å². The molecule has 434 valence electrons. The molecule has 0 spiro atoms. The Balaban J connectivity index is 0.000000189. The summed E-state index contributed by atoms with van der Waals surface area (Å²) in [5.74, 6) is 2.64. The first kappa shape index (κ1) is 60.4. The van der Waals surface area contributed by atoms with Crippen LogP contribution in [0, 0.1) is 20.8 Å². The van der Waals surface area contributed by atoms with E-state index in [-0.39, 0.29) is 12.1 Å². The van der Waals surface area contributed by atoms with E-state index >= 15 is 0 Å². The van der Waals surface area contributed by atoms with Gasteiger partial charge in [0.25, 0.3) is 0 Å². The largest absolute Gasteiger partial charge is 0.497 e. The van der Waals surface area contributed by atoms with Crippen LogP contribution < -0.4 is 29.2 Å². The molecule has 0 saturated carbocycles. The number of benzene rings is 2. The predicted octanol–water partition coefficient (Wildman–Crippen LogP) is 14.0. The lowest BCUT2D eigenvalue weighted by Gasteiger charge is -2.27. The van der Waals surface area contributed by atoms with Crippen molar-refractivity contribution in [3.63, 3.8) is 0 Å². The van der Waals surface area contributed by atoms with Crippen LogP contribution >= 0.6 is 15.9 Å². The maximum Gasteiger partial charge on any atom is 0.333 e. The zero-order valence-corrected chi connectivity index (χ0v) is 49.2. The molecule has 83 heavy (non-hydrogen) atoms. The summed E-state index contributed by atoms with van der Waals surface area (Å²) in [5.41, 5.74) is 13.4. The Labute approximate surface area is 487 Å². The molecule has 0 aliphatic heterocycles. The second kappa shape index (κ2) is 27.8. The number of rotatable bonds is 21. The summed E-state index contributed by atoms with van der Waals surface area (Å²) < 4.78 is 77.8. The topological polar surface area (TPSA) is 175 Å². The molecule has 1 N–H and O–H groups in total. The third kappa shape index (κ3) is 14.5. The second-order valence-corrected chi connectivity index (χ2v) is 19.9. The van der Waals surface area contributed by atoms with E-state index in [0.717, 1.165) is 89.8 Å². The molecule has 1 atom stereocenters. The number of methoxy groups -OCH3 is 2. The van der Waals surface area contributed by atoms with E-state index in [1.165, 1.54) is 24.8 Å². The molecule has 8 aromatic heterocycles. The fraction of sp³-hybridized carbons (Fsp3) is 0.317. The third-order valence-corrected chi connectivity index (χ3v) is 13.6. The molecular weight excluding hydrogens is 1140 g/mol. The molecule has 1 unspecified atom stereocenters. The number of nitrogens with one attached hydrogen (secondary N) is 1. The highest BCUT2D eigenvalue weighted by atomic mass is 79.9. The number of aromatic nitrogens is 12. The summed E-state index contributed by atoms with van der Waals surface area (Å²) >= 11 is 3.12. The lowest BCUT2D eigenvalue weighted by Crippen LogP contribution is -2.23. The number of fused-ring (bicyclic) bond motifs is 2. The van der Waals surface area contributed by atoms with Gasteiger partial charge in [-0.1, -0.05) is 40.2 Å². The van der Waals surface area contributed by atoms with Gasteiger partial charge in [0.2, 0.25) is 11.8 Å². The van der Waals surface area contributed by atoms with Crippen LogP contribution in [-0.4, -0.2) is 86.5 Å². The number of anilines is 2. The fourth-order valence-corrected chi connectivity index (χ4v) is 9.31. The molecule has 2 aromatic carbocycles. The lowest BCUT2D eigenvalue weighted by atomic mass is 10.1. The van der Waals surface area contributed by atoms with Crippen molar-refractivity contribution in [2.24, 2.45) is 0 Å². The number of alkyl halides is 5. The monoisotopic (exact) mass is 1200 g/mol. The molecule has 0 radical (unpaired) electrons. The number of ether oxygens (including phenoxy) is 4. The van der Waals surface area contributed by atoms with E-state index in [1.807, 2.05) is 129 Å². The van der Waals surface area contributed by atoms with Crippen molar-refractivity contribution in [3.8, 4) is 45.8 Å². The Morgan fingerprint density at radius 2 is 1.13 bits per heavy atom. The number of halogens is 5. The summed E-state index contributed by atoms with van der Waals surface area (Å²) in [6.07, 6.45) is 8.98. The molecule has 10 aromatic rings. The van der Waals surface area contributed by atoms with Crippen LogP contribution in [0.5, 0.6) is 23.3 Å². The minimum atomic E-state index is -2.72. The van der Waals surface area contributed by atoms with Crippen molar-refractivity contribution in [3.05, 3.63) is 163 Å². The van der Waals surface area contributed by atoms with E-state index in [9.17, 15) is 17.6 Å². The van der Waals surface area contributed by atoms with Gasteiger partial charge in [-0.2, -0.15) is 38.0 Å². The first-order chi connectivity index (χ1) is 40.0. The Bertz CT molecular complexity index is 3720. The van der Waals surface area contributed by atoms with Crippen LogP contribution in [0.2, 0.25) is 0 Å². The first-order valence-electron chi connectivity index (χ1n) is 26.8. The Morgan fingerprint density at radius 3 is 1.61 bits per heavy atom. The van der Waals surface area contributed by atoms with E-state index in [2.05, 4.69) is 67.1 Å². The number of pyridine rings is 4. The molecule has 0 fully saturated rings. The molecule has 10 rings (SSSR count). The minimum absolute atomic E-state index is 0.0437. The van der Waals surface area contributed by atoms with Crippen molar-refractivity contribution >= 4 is 49.4 Å². The van der Waals surface area contributed by atoms with Gasteiger partial charge in [0, 0.05) is 66.9 Å². The highest BCUT2D eigenvalue weighted by Crippen LogP contribution is 2.39. The van der Waals surface area contributed by atoms with Gasteiger partial charge in [-0.15, -0.1) is 0 Å². The van der Waals surface area contributed by atoms with Crippen LogP contribution in [0.4, 0.5) is 28.9 Å². The van der Waals surface area contributed by atoms with Crippen molar-refractivity contribution in [1.29, 1.82) is 0 Å². The van der Waals surface area contributed by atoms with Gasteiger partial charge in [0.1, 0.15) is 33.6 Å². The van der Waals surface area contributed by atoms with E-state index in [0.29, 0.717) is 70.6 Å². The second-order valence-electron chi connectivity index (χ2n) is 19.3. The summed E-state index contributed by atoms with van der Waals surface area (Å²) in [6, 6.07) is 27.5. The zero-order chi connectivity index (χ0) is 59.3. The smallest absolute Gasteiger partial charge is 0.333 e. The molecule has 0 saturated heterocycles. The van der Waals surface area contributed by atoms with Gasteiger partial charge in [0.15, 0.2) is 6.04 Å². The quantitative estimate of drug-likeness (QED) is 0.0409. The van der Waals surface area contributed by atoms with Crippen LogP contribution in [0.3, 0.4) is 0 Å². The van der Waals surface area contributed by atoms with Gasteiger partial charge in [-0.25, -0.2) is 34.0 Å². The number of hydrogen-bond acceptors (Lipinski definition) is 14. The average molecular weight is 1200 g/mol. The molecule has 18 nitrogen and oxygen atoms in total.